The van der Waals surface area contributed by atoms with Gasteiger partial charge < -0.3 is 9.67 Å². The number of nitrogens with zero attached hydrogens (tertiary/aromatic N) is 2. The lowest BCUT2D eigenvalue weighted by Gasteiger charge is -2.13. The second-order valence-electron chi connectivity index (χ2n) is 3.84. The molecule has 0 aliphatic heterocycles. The number of para-hydroxylation sites is 2. The third kappa shape index (κ3) is 2.26. The van der Waals surface area contributed by atoms with Crippen LogP contribution in [0.3, 0.4) is 0 Å². The van der Waals surface area contributed by atoms with E-state index in [2.05, 4.69) is 4.98 Å². The molecule has 17 heavy (non-hydrogen) atoms. The summed E-state index contributed by atoms with van der Waals surface area (Å²) in [4.78, 5) is 4.07. The second kappa shape index (κ2) is 4.03. The number of halogens is 3. The molecule has 0 saturated carbocycles. The highest BCUT2D eigenvalue weighted by Crippen LogP contribution is 2.24. The molecule has 1 aromatic carbocycles. The fourth-order valence-corrected chi connectivity index (χ4v) is 1.67. The molecule has 1 unspecified atom stereocenters. The third-order valence-electron chi connectivity index (χ3n) is 2.63. The van der Waals surface area contributed by atoms with Crippen LogP contribution in [0.4, 0.5) is 13.2 Å². The normalized spacial score (nSPS) is 14.2. The molecule has 1 N–H and O–H groups in total. The first-order chi connectivity index (χ1) is 7.89. The Labute approximate surface area is 95.5 Å². The molecule has 0 spiro atoms. The van der Waals surface area contributed by atoms with Crippen LogP contribution in [0.25, 0.3) is 11.0 Å². The topological polar surface area (TPSA) is 38.0 Å². The lowest BCUT2D eigenvalue weighted by Crippen LogP contribution is -2.31. The Morgan fingerprint density at radius 3 is 2.59 bits per heavy atom. The highest BCUT2D eigenvalue weighted by atomic mass is 19.4. The molecule has 2 rings (SSSR count). The van der Waals surface area contributed by atoms with Gasteiger partial charge in [0.15, 0.2) is 6.10 Å². The molecule has 0 amide bonds. The van der Waals surface area contributed by atoms with Gasteiger partial charge in [-0.3, -0.25) is 0 Å². The number of rotatable bonds is 2. The maximum Gasteiger partial charge on any atom is 0.414 e. The van der Waals surface area contributed by atoms with Crippen molar-refractivity contribution in [2.75, 3.05) is 0 Å². The first-order valence-corrected chi connectivity index (χ1v) is 5.04. The Bertz CT molecular complexity index is 533. The van der Waals surface area contributed by atoms with Crippen LogP contribution in [0, 0.1) is 0 Å². The summed E-state index contributed by atoms with van der Waals surface area (Å²) in [6.45, 7) is 0. The highest BCUT2D eigenvalue weighted by Gasteiger charge is 2.38. The number of hydrogen-bond acceptors (Lipinski definition) is 2. The van der Waals surface area contributed by atoms with Gasteiger partial charge in [-0.1, -0.05) is 12.1 Å². The van der Waals surface area contributed by atoms with Crippen molar-refractivity contribution in [2.45, 2.75) is 18.7 Å². The van der Waals surface area contributed by atoms with Crippen molar-refractivity contribution in [2.24, 2.45) is 7.05 Å². The summed E-state index contributed by atoms with van der Waals surface area (Å²) in [5, 5.41) is 9.01. The quantitative estimate of drug-likeness (QED) is 0.877. The average molecular weight is 244 g/mol. The van der Waals surface area contributed by atoms with Gasteiger partial charge >= 0.3 is 6.18 Å². The zero-order valence-electron chi connectivity index (χ0n) is 9.07. The van der Waals surface area contributed by atoms with E-state index in [0.29, 0.717) is 5.52 Å². The predicted molar refractivity (Wildman–Crippen MR) is 56.5 cm³/mol. The van der Waals surface area contributed by atoms with Crippen molar-refractivity contribution in [3.05, 3.63) is 30.1 Å². The molecule has 1 aromatic heterocycles. The molecular weight excluding hydrogens is 233 g/mol. The van der Waals surface area contributed by atoms with Crippen molar-refractivity contribution in [1.82, 2.24) is 9.55 Å². The van der Waals surface area contributed by atoms with Crippen LogP contribution >= 0.6 is 0 Å². The zero-order chi connectivity index (χ0) is 12.6. The van der Waals surface area contributed by atoms with Gasteiger partial charge in [-0.2, -0.15) is 13.2 Å². The van der Waals surface area contributed by atoms with Crippen LogP contribution in [0.5, 0.6) is 0 Å². The van der Waals surface area contributed by atoms with E-state index >= 15 is 0 Å². The van der Waals surface area contributed by atoms with Gasteiger partial charge in [-0.25, -0.2) is 4.98 Å². The molecule has 1 heterocycles. The molecule has 0 aliphatic rings. The van der Waals surface area contributed by atoms with Crippen molar-refractivity contribution in [3.63, 3.8) is 0 Å². The van der Waals surface area contributed by atoms with Crippen molar-refractivity contribution in [3.8, 4) is 0 Å². The van der Waals surface area contributed by atoms with E-state index in [9.17, 15) is 13.2 Å². The first-order valence-electron chi connectivity index (χ1n) is 5.04. The van der Waals surface area contributed by atoms with E-state index in [1.165, 1.54) is 0 Å². The molecule has 3 nitrogen and oxygen atoms in total. The van der Waals surface area contributed by atoms with Crippen molar-refractivity contribution in [1.29, 1.82) is 0 Å². The molecule has 0 radical (unpaired) electrons. The van der Waals surface area contributed by atoms with Gasteiger partial charge in [0.25, 0.3) is 0 Å². The Kier molecular flexibility index (Phi) is 2.82. The standard InChI is InChI=1S/C11H11F3N2O/c1-16-8-5-3-2-4-7(8)15-10(16)6-9(17)11(12,13)14/h2-5,9,17H,6H2,1H3. The third-order valence-corrected chi connectivity index (χ3v) is 2.63. The number of alkyl halides is 3. The van der Waals surface area contributed by atoms with Crippen molar-refractivity contribution >= 4 is 11.0 Å². The predicted octanol–water partition coefficient (Wildman–Crippen LogP) is 2.04. The molecular formula is C11H11F3N2O. The van der Waals surface area contributed by atoms with Crippen LogP contribution < -0.4 is 0 Å². The monoisotopic (exact) mass is 244 g/mol. The lowest BCUT2D eigenvalue weighted by atomic mass is 10.2. The van der Waals surface area contributed by atoms with E-state index < -0.39 is 18.7 Å². The van der Waals surface area contributed by atoms with Crippen LogP contribution in [-0.4, -0.2) is 26.9 Å². The smallest absolute Gasteiger partial charge is 0.383 e. The highest BCUT2D eigenvalue weighted by molar-refractivity contribution is 5.75. The summed E-state index contributed by atoms with van der Waals surface area (Å²) in [6.07, 6.45) is -7.52. The molecule has 0 aliphatic carbocycles. The molecule has 1 atom stereocenters. The second-order valence-corrected chi connectivity index (χ2v) is 3.84. The van der Waals surface area contributed by atoms with E-state index in [1.807, 2.05) is 0 Å². The Hall–Kier alpha value is -1.56. The zero-order valence-corrected chi connectivity index (χ0v) is 9.07. The maximum atomic E-state index is 12.2. The van der Waals surface area contributed by atoms with Crippen LogP contribution in [0.15, 0.2) is 24.3 Å². The number of aromatic nitrogens is 2. The summed E-state index contributed by atoms with van der Waals surface area (Å²) < 4.78 is 38.3. The van der Waals surface area contributed by atoms with Crippen LogP contribution in [-0.2, 0) is 13.5 Å². The van der Waals surface area contributed by atoms with E-state index in [-0.39, 0.29) is 5.82 Å². The molecule has 6 heteroatoms. The molecule has 0 fully saturated rings. The minimum Gasteiger partial charge on any atom is -0.383 e. The molecule has 0 saturated heterocycles. The van der Waals surface area contributed by atoms with Gasteiger partial charge in [-0.05, 0) is 12.1 Å². The lowest BCUT2D eigenvalue weighted by molar-refractivity contribution is -0.203. The Morgan fingerprint density at radius 1 is 1.35 bits per heavy atom. The SMILES string of the molecule is Cn1c(CC(O)C(F)(F)F)nc2ccccc21. The molecule has 2 aromatic rings. The minimum atomic E-state index is -4.61. The molecule has 0 bridgehead atoms. The van der Waals surface area contributed by atoms with Gasteiger partial charge in [0.1, 0.15) is 5.82 Å². The summed E-state index contributed by atoms with van der Waals surface area (Å²) in [6, 6.07) is 7.04. The number of hydrogen-bond donors (Lipinski definition) is 1. The number of aliphatic hydroxyl groups excluding tert-OH is 1. The van der Waals surface area contributed by atoms with Crippen LogP contribution in [0.2, 0.25) is 0 Å². The summed E-state index contributed by atoms with van der Waals surface area (Å²) in [7, 11) is 1.63. The fourth-order valence-electron chi connectivity index (χ4n) is 1.67. The van der Waals surface area contributed by atoms with E-state index in [1.54, 1.807) is 35.9 Å². The number of aryl methyl sites for hydroxylation is 1. The first kappa shape index (κ1) is 11.9. The minimum absolute atomic E-state index is 0.219. The Balaban J connectivity index is 2.34. The fraction of sp³-hybridized carbons (Fsp3) is 0.364. The van der Waals surface area contributed by atoms with Gasteiger partial charge in [0, 0.05) is 13.5 Å². The molecule has 92 valence electrons. The Morgan fingerprint density at radius 2 is 2.00 bits per heavy atom. The maximum absolute atomic E-state index is 12.2. The number of imidazole rings is 1. The number of benzene rings is 1. The summed E-state index contributed by atoms with van der Waals surface area (Å²) in [5.41, 5.74) is 1.37. The largest absolute Gasteiger partial charge is 0.414 e. The van der Waals surface area contributed by atoms with Gasteiger partial charge in [0.2, 0.25) is 0 Å². The summed E-state index contributed by atoms with van der Waals surface area (Å²) >= 11 is 0. The van der Waals surface area contributed by atoms with Crippen molar-refractivity contribution < 1.29 is 18.3 Å². The van der Waals surface area contributed by atoms with E-state index in [0.717, 1.165) is 5.52 Å². The number of aliphatic hydroxyl groups is 1. The number of fused-ring (bicyclic) bond motifs is 1. The van der Waals surface area contributed by atoms with Gasteiger partial charge in [-0.15, -0.1) is 0 Å². The average Bonchev–Trinajstić information content (AvgIpc) is 2.55. The summed E-state index contributed by atoms with van der Waals surface area (Å²) in [5.74, 6) is 0.219. The van der Waals surface area contributed by atoms with Gasteiger partial charge in [0.05, 0.1) is 11.0 Å². The van der Waals surface area contributed by atoms with E-state index in [4.69, 9.17) is 5.11 Å². The van der Waals surface area contributed by atoms with Crippen LogP contribution in [0.1, 0.15) is 5.82 Å².